The molecule has 1 N–H and O–H groups in total. The van der Waals surface area contributed by atoms with Gasteiger partial charge < -0.3 is 10.2 Å². The van der Waals surface area contributed by atoms with Gasteiger partial charge in [0, 0.05) is 54.6 Å². The fourth-order valence-corrected chi connectivity index (χ4v) is 7.63. The van der Waals surface area contributed by atoms with E-state index in [4.69, 9.17) is 0 Å². The molecular formula is C37H32F7N11O2. The molecule has 2 unspecified atom stereocenters. The maximum atomic E-state index is 15.8. The number of carbonyl (C=O) groups is 2. The molecular weight excluding hydrogens is 763 g/mol. The van der Waals surface area contributed by atoms with Gasteiger partial charge in [-0.25, -0.2) is 28.4 Å². The van der Waals surface area contributed by atoms with Gasteiger partial charge in [0.1, 0.15) is 28.7 Å². The molecule has 2 amide bonds. The minimum atomic E-state index is -4.81. The first-order valence-corrected chi connectivity index (χ1v) is 17.6. The van der Waals surface area contributed by atoms with Crippen LogP contribution in [-0.4, -0.2) is 78.6 Å². The Labute approximate surface area is 318 Å². The molecule has 1 aliphatic heterocycles. The molecule has 57 heavy (non-hydrogen) atoms. The summed E-state index contributed by atoms with van der Waals surface area (Å²) < 4.78 is 103. The maximum Gasteiger partial charge on any atom is 0.435 e. The molecule has 1 fully saturated rings. The smallest absolute Gasteiger partial charge is 0.347 e. The number of hydrogen-bond acceptors (Lipinski definition) is 8. The molecule has 5 aromatic heterocycles. The van der Waals surface area contributed by atoms with Gasteiger partial charge in [-0.15, -0.1) is 0 Å². The van der Waals surface area contributed by atoms with Crippen molar-refractivity contribution in [3.63, 3.8) is 0 Å². The maximum absolute atomic E-state index is 15.8. The topological polar surface area (TPSA) is 142 Å². The summed E-state index contributed by atoms with van der Waals surface area (Å²) in [7, 11) is 1.62. The Hall–Kier alpha value is -6.21. The first-order valence-electron chi connectivity index (χ1n) is 17.6. The van der Waals surface area contributed by atoms with E-state index >= 15 is 8.78 Å². The highest BCUT2D eigenvalue weighted by atomic mass is 19.4. The number of aryl methyl sites for hydroxylation is 2. The molecule has 6 aromatic rings. The van der Waals surface area contributed by atoms with Crippen molar-refractivity contribution in [3.8, 4) is 22.5 Å². The van der Waals surface area contributed by atoms with Crippen molar-refractivity contribution in [2.24, 2.45) is 7.05 Å². The van der Waals surface area contributed by atoms with Gasteiger partial charge in [0.15, 0.2) is 11.3 Å². The van der Waals surface area contributed by atoms with Gasteiger partial charge in [-0.2, -0.15) is 37.2 Å². The van der Waals surface area contributed by atoms with Crippen LogP contribution in [-0.2, 0) is 31.0 Å². The van der Waals surface area contributed by atoms with Crippen LogP contribution < -0.4 is 5.32 Å². The van der Waals surface area contributed by atoms with E-state index in [-0.39, 0.29) is 59.6 Å². The number of halogens is 7. The van der Waals surface area contributed by atoms with Crippen LogP contribution in [0.1, 0.15) is 65.7 Å². The lowest BCUT2D eigenvalue weighted by Gasteiger charge is -2.38. The normalized spacial score (nSPS) is 18.4. The number of benzene rings is 1. The summed E-state index contributed by atoms with van der Waals surface area (Å²) in [5, 5.41) is 14.9. The highest BCUT2D eigenvalue weighted by molar-refractivity contribution is 6.04. The number of aromatic nitrogens is 9. The quantitative estimate of drug-likeness (QED) is 0.176. The molecule has 8 rings (SSSR count). The van der Waals surface area contributed by atoms with Gasteiger partial charge >= 0.3 is 12.7 Å². The number of amides is 2. The van der Waals surface area contributed by atoms with Crippen LogP contribution in [0.5, 0.6) is 0 Å². The number of hydrogen-bond donors (Lipinski definition) is 1. The van der Waals surface area contributed by atoms with Crippen molar-refractivity contribution in [1.82, 2.24) is 54.5 Å². The van der Waals surface area contributed by atoms with Crippen LogP contribution in [0, 0.1) is 18.6 Å². The van der Waals surface area contributed by atoms with Gasteiger partial charge in [0.2, 0.25) is 5.91 Å². The first-order chi connectivity index (χ1) is 26.9. The third-order valence-corrected chi connectivity index (χ3v) is 10.4. The number of carbonyl (C=O) groups excluding carboxylic acids is 2. The standard InChI is InChI=1S/C37H32F7N11O2/c1-18-45-12-20(13-46-18)27-10-28(37(42,43)44)51-55(27)17-35(2,3)50-33(57)36(11-24(36)21-15-48-54(16-21)34(40)41)53-8-7-22-23(5-6-25(38)29(22)32(53)56)30-26(39)9-19-14-47-52(4)31(19)49-30/h5-6,9-10,12-16,24,34H,7-8,11,17H2,1-4H3,(H,50,57). The van der Waals surface area contributed by atoms with Crippen LogP contribution in [0.3, 0.4) is 0 Å². The molecule has 1 aliphatic carbocycles. The minimum absolute atomic E-state index is 0.0191. The van der Waals surface area contributed by atoms with E-state index in [1.165, 1.54) is 54.2 Å². The molecule has 1 aromatic carbocycles. The average molecular weight is 796 g/mol. The second-order valence-corrected chi connectivity index (χ2v) is 14.8. The zero-order chi connectivity index (χ0) is 40.8. The summed E-state index contributed by atoms with van der Waals surface area (Å²) in [4.78, 5) is 42.9. The summed E-state index contributed by atoms with van der Waals surface area (Å²) in [6.07, 6.45) is 1.40. The molecule has 0 spiro atoms. The van der Waals surface area contributed by atoms with E-state index in [1.54, 1.807) is 14.0 Å². The van der Waals surface area contributed by atoms with E-state index in [1.807, 2.05) is 0 Å². The van der Waals surface area contributed by atoms with Crippen LogP contribution in [0.15, 0.2) is 55.2 Å². The Morgan fingerprint density at radius 3 is 2.46 bits per heavy atom. The largest absolute Gasteiger partial charge is 0.435 e. The predicted molar refractivity (Wildman–Crippen MR) is 187 cm³/mol. The highest BCUT2D eigenvalue weighted by Crippen LogP contribution is 2.57. The number of alkyl halides is 5. The number of fused-ring (bicyclic) bond motifs is 2. The number of rotatable bonds is 9. The monoisotopic (exact) mass is 795 g/mol. The Bertz CT molecular complexity index is 2580. The molecule has 13 nitrogen and oxygen atoms in total. The van der Waals surface area contributed by atoms with Crippen LogP contribution in [0.2, 0.25) is 0 Å². The Kier molecular flexibility index (Phi) is 8.72. The van der Waals surface area contributed by atoms with Crippen LogP contribution >= 0.6 is 0 Å². The molecule has 2 aliphatic rings. The van der Waals surface area contributed by atoms with E-state index < -0.39 is 64.4 Å². The lowest BCUT2D eigenvalue weighted by atomic mass is 9.89. The third-order valence-electron chi connectivity index (χ3n) is 10.4. The zero-order valence-corrected chi connectivity index (χ0v) is 30.6. The summed E-state index contributed by atoms with van der Waals surface area (Å²) in [5.41, 5.74) is -3.73. The predicted octanol–water partition coefficient (Wildman–Crippen LogP) is 6.01. The molecule has 2 atom stereocenters. The molecule has 6 heterocycles. The van der Waals surface area contributed by atoms with Gasteiger partial charge in [0.05, 0.1) is 35.7 Å². The van der Waals surface area contributed by atoms with Gasteiger partial charge in [-0.1, -0.05) is 0 Å². The second-order valence-electron chi connectivity index (χ2n) is 14.8. The fraction of sp³-hybridized carbons (Fsp3) is 0.351. The third kappa shape index (κ3) is 6.45. The molecule has 20 heteroatoms. The number of pyridine rings is 1. The second kappa shape index (κ2) is 13.2. The summed E-state index contributed by atoms with van der Waals surface area (Å²) >= 11 is 0. The SMILES string of the molecule is Cc1ncc(-c2cc(C(F)(F)F)nn2CC(C)(C)NC(=O)C2(N3CCc4c(-c5nc6c(cnn6C)cc5F)ccc(F)c4C3=O)CC2c2cnn(C(F)F)c2)cn1. The summed E-state index contributed by atoms with van der Waals surface area (Å²) in [5.74, 6) is -3.83. The van der Waals surface area contributed by atoms with E-state index in [0.29, 0.717) is 21.5 Å². The van der Waals surface area contributed by atoms with Gasteiger partial charge in [-0.05, 0) is 69.0 Å². The van der Waals surface area contributed by atoms with E-state index in [2.05, 4.69) is 35.6 Å². The molecule has 1 saturated carbocycles. The lowest BCUT2D eigenvalue weighted by Crippen LogP contribution is -2.59. The van der Waals surface area contributed by atoms with Crippen molar-refractivity contribution in [1.29, 1.82) is 0 Å². The van der Waals surface area contributed by atoms with Crippen molar-refractivity contribution in [2.45, 2.75) is 69.9 Å². The fourth-order valence-electron chi connectivity index (χ4n) is 7.63. The van der Waals surface area contributed by atoms with Crippen LogP contribution in [0.25, 0.3) is 33.5 Å². The Balaban J connectivity index is 1.15. The first kappa shape index (κ1) is 37.7. The Morgan fingerprint density at radius 1 is 1.04 bits per heavy atom. The van der Waals surface area contributed by atoms with Crippen molar-refractivity contribution >= 4 is 22.8 Å². The van der Waals surface area contributed by atoms with E-state index in [9.17, 15) is 31.5 Å². The van der Waals surface area contributed by atoms with Crippen molar-refractivity contribution in [3.05, 3.63) is 95.1 Å². The van der Waals surface area contributed by atoms with Crippen LogP contribution in [0.4, 0.5) is 30.7 Å². The molecule has 0 bridgehead atoms. The molecule has 0 saturated heterocycles. The summed E-state index contributed by atoms with van der Waals surface area (Å²) in [6.45, 7) is 1.20. The summed E-state index contributed by atoms with van der Waals surface area (Å²) in [6, 6.07) is 4.41. The van der Waals surface area contributed by atoms with Crippen molar-refractivity contribution in [2.75, 3.05) is 6.54 Å². The van der Waals surface area contributed by atoms with E-state index in [0.717, 1.165) is 29.2 Å². The van der Waals surface area contributed by atoms with Gasteiger partial charge in [0.25, 0.3) is 5.91 Å². The zero-order valence-electron chi connectivity index (χ0n) is 30.6. The van der Waals surface area contributed by atoms with Crippen molar-refractivity contribution < 1.29 is 40.3 Å². The molecule has 296 valence electrons. The molecule has 0 radical (unpaired) electrons. The number of nitrogens with one attached hydrogen (secondary N) is 1. The highest BCUT2D eigenvalue weighted by Gasteiger charge is 2.67. The van der Waals surface area contributed by atoms with Gasteiger partial charge in [-0.3, -0.25) is 19.0 Å². The lowest BCUT2D eigenvalue weighted by molar-refractivity contribution is -0.141. The average Bonchev–Trinajstić information content (AvgIpc) is 3.41. The minimum Gasteiger partial charge on any atom is -0.347 e. The number of nitrogens with zero attached hydrogens (tertiary/aromatic N) is 10. The Morgan fingerprint density at radius 2 is 1.77 bits per heavy atom.